The monoisotopic (exact) mass is 197 g/mol. The Morgan fingerprint density at radius 2 is 2.36 bits per heavy atom. The van der Waals surface area contributed by atoms with E-state index in [9.17, 15) is 0 Å². The van der Waals surface area contributed by atoms with Crippen molar-refractivity contribution >= 4 is 0 Å². The molecule has 1 heterocycles. The molecule has 2 atom stereocenters. The zero-order chi connectivity index (χ0) is 10.4. The van der Waals surface area contributed by atoms with Crippen LogP contribution < -0.4 is 0 Å². The SMILES string of the molecule is CC#CCCN1CC(CO)OCC1C. The number of nitrogens with zero attached hydrogens (tertiary/aromatic N) is 1. The summed E-state index contributed by atoms with van der Waals surface area (Å²) in [6.07, 6.45) is 0.889. The fourth-order valence-electron chi connectivity index (χ4n) is 1.62. The van der Waals surface area contributed by atoms with E-state index in [1.165, 1.54) is 0 Å². The van der Waals surface area contributed by atoms with E-state index < -0.39 is 0 Å². The van der Waals surface area contributed by atoms with Crippen molar-refractivity contribution in [1.82, 2.24) is 4.90 Å². The molecule has 1 aliphatic rings. The normalized spacial score (nSPS) is 28.2. The Morgan fingerprint density at radius 1 is 1.57 bits per heavy atom. The van der Waals surface area contributed by atoms with Gasteiger partial charge >= 0.3 is 0 Å². The maximum absolute atomic E-state index is 8.99. The highest BCUT2D eigenvalue weighted by Crippen LogP contribution is 2.11. The van der Waals surface area contributed by atoms with Crippen LogP contribution in [0.2, 0.25) is 0 Å². The van der Waals surface area contributed by atoms with Crippen molar-refractivity contribution in [2.45, 2.75) is 32.4 Å². The molecule has 14 heavy (non-hydrogen) atoms. The van der Waals surface area contributed by atoms with Crippen LogP contribution in [0.5, 0.6) is 0 Å². The van der Waals surface area contributed by atoms with Gasteiger partial charge in [-0.3, -0.25) is 4.90 Å². The highest BCUT2D eigenvalue weighted by Gasteiger charge is 2.24. The van der Waals surface area contributed by atoms with Crippen LogP contribution in [-0.4, -0.2) is 48.5 Å². The lowest BCUT2D eigenvalue weighted by Gasteiger charge is -2.37. The van der Waals surface area contributed by atoms with Crippen molar-refractivity contribution in [2.24, 2.45) is 0 Å². The first kappa shape index (κ1) is 11.5. The average Bonchev–Trinajstić information content (AvgIpc) is 2.21. The van der Waals surface area contributed by atoms with Gasteiger partial charge in [0.2, 0.25) is 0 Å². The highest BCUT2D eigenvalue weighted by atomic mass is 16.5. The summed E-state index contributed by atoms with van der Waals surface area (Å²) in [5.41, 5.74) is 0. The quantitative estimate of drug-likeness (QED) is 0.668. The van der Waals surface area contributed by atoms with E-state index in [0.29, 0.717) is 12.6 Å². The third-order valence-electron chi connectivity index (χ3n) is 2.54. The first-order valence-electron chi connectivity index (χ1n) is 5.14. The standard InChI is InChI=1S/C11H19NO2/c1-3-4-5-6-12-7-11(8-13)14-9-10(12)2/h10-11,13H,5-9H2,1-2H3. The summed E-state index contributed by atoms with van der Waals surface area (Å²) in [7, 11) is 0. The van der Waals surface area contributed by atoms with Crippen LogP contribution in [0.1, 0.15) is 20.3 Å². The summed E-state index contributed by atoms with van der Waals surface area (Å²) >= 11 is 0. The van der Waals surface area contributed by atoms with Gasteiger partial charge in [-0.05, 0) is 13.8 Å². The fraction of sp³-hybridized carbons (Fsp3) is 0.818. The molecule has 80 valence electrons. The van der Waals surface area contributed by atoms with Crippen molar-refractivity contribution in [3.05, 3.63) is 0 Å². The maximum atomic E-state index is 8.99. The van der Waals surface area contributed by atoms with Gasteiger partial charge in [0.05, 0.1) is 19.3 Å². The Labute approximate surface area is 86.0 Å². The summed E-state index contributed by atoms with van der Waals surface area (Å²) < 4.78 is 5.45. The van der Waals surface area contributed by atoms with Gasteiger partial charge in [0, 0.05) is 25.6 Å². The molecule has 0 saturated carbocycles. The van der Waals surface area contributed by atoms with Crippen molar-refractivity contribution in [1.29, 1.82) is 0 Å². The molecule has 0 aromatic rings. The van der Waals surface area contributed by atoms with Crippen molar-refractivity contribution in [2.75, 3.05) is 26.3 Å². The summed E-state index contributed by atoms with van der Waals surface area (Å²) in [6, 6.07) is 0.441. The second-order valence-corrected chi connectivity index (χ2v) is 3.66. The molecule has 1 fully saturated rings. The van der Waals surface area contributed by atoms with E-state index in [1.807, 2.05) is 6.92 Å². The molecule has 3 heteroatoms. The third kappa shape index (κ3) is 3.30. The van der Waals surface area contributed by atoms with Crippen LogP contribution in [-0.2, 0) is 4.74 Å². The van der Waals surface area contributed by atoms with E-state index in [-0.39, 0.29) is 12.7 Å². The average molecular weight is 197 g/mol. The Balaban J connectivity index is 2.34. The Bertz CT molecular complexity index is 219. The molecule has 2 unspecified atom stereocenters. The Hall–Kier alpha value is -0.560. The largest absolute Gasteiger partial charge is 0.394 e. The lowest BCUT2D eigenvalue weighted by molar-refractivity contribution is -0.0769. The smallest absolute Gasteiger partial charge is 0.0933 e. The van der Waals surface area contributed by atoms with Crippen molar-refractivity contribution in [3.63, 3.8) is 0 Å². The molecule has 3 nitrogen and oxygen atoms in total. The van der Waals surface area contributed by atoms with Gasteiger partial charge in [0.1, 0.15) is 0 Å². The van der Waals surface area contributed by atoms with Gasteiger partial charge in [-0.2, -0.15) is 0 Å². The number of aliphatic hydroxyl groups excluding tert-OH is 1. The molecule has 1 rings (SSSR count). The second-order valence-electron chi connectivity index (χ2n) is 3.66. The number of rotatable bonds is 3. The van der Waals surface area contributed by atoms with Gasteiger partial charge in [-0.1, -0.05) is 0 Å². The molecule has 0 spiro atoms. The molecule has 0 aliphatic carbocycles. The fourth-order valence-corrected chi connectivity index (χ4v) is 1.62. The first-order valence-corrected chi connectivity index (χ1v) is 5.14. The lowest BCUT2D eigenvalue weighted by Crippen LogP contribution is -2.49. The Kier molecular flexibility index (Phi) is 4.95. The molecular weight excluding hydrogens is 178 g/mol. The van der Waals surface area contributed by atoms with E-state index in [1.54, 1.807) is 0 Å². The summed E-state index contributed by atoms with van der Waals surface area (Å²) in [4.78, 5) is 2.33. The minimum Gasteiger partial charge on any atom is -0.394 e. The number of aliphatic hydroxyl groups is 1. The van der Waals surface area contributed by atoms with E-state index in [4.69, 9.17) is 9.84 Å². The number of ether oxygens (including phenoxy) is 1. The molecule has 0 aromatic heterocycles. The summed E-state index contributed by atoms with van der Waals surface area (Å²) in [6.45, 7) is 6.63. The summed E-state index contributed by atoms with van der Waals surface area (Å²) in [5.74, 6) is 5.94. The highest BCUT2D eigenvalue weighted by molar-refractivity contribution is 4.96. The van der Waals surface area contributed by atoms with E-state index >= 15 is 0 Å². The Morgan fingerprint density at radius 3 is 3.00 bits per heavy atom. The lowest BCUT2D eigenvalue weighted by atomic mass is 10.2. The number of hydrogen-bond donors (Lipinski definition) is 1. The van der Waals surface area contributed by atoms with Gasteiger partial charge in [0.15, 0.2) is 0 Å². The molecular formula is C11H19NO2. The minimum atomic E-state index is -0.0132. The predicted molar refractivity (Wildman–Crippen MR) is 55.9 cm³/mol. The van der Waals surface area contributed by atoms with Crippen LogP contribution >= 0.6 is 0 Å². The van der Waals surface area contributed by atoms with E-state index in [2.05, 4.69) is 23.7 Å². The first-order chi connectivity index (χ1) is 6.77. The van der Waals surface area contributed by atoms with Crippen molar-refractivity contribution < 1.29 is 9.84 Å². The third-order valence-corrected chi connectivity index (χ3v) is 2.54. The predicted octanol–water partition coefficient (Wildman–Crippen LogP) is 0.481. The van der Waals surface area contributed by atoms with Crippen LogP contribution in [0.4, 0.5) is 0 Å². The molecule has 0 radical (unpaired) electrons. The molecule has 0 bridgehead atoms. The van der Waals surface area contributed by atoms with Gasteiger partial charge in [-0.25, -0.2) is 0 Å². The minimum absolute atomic E-state index is 0.0132. The molecule has 1 aliphatic heterocycles. The second kappa shape index (κ2) is 6.02. The van der Waals surface area contributed by atoms with Gasteiger partial charge in [-0.15, -0.1) is 11.8 Å². The van der Waals surface area contributed by atoms with Crippen LogP contribution in [0.3, 0.4) is 0 Å². The maximum Gasteiger partial charge on any atom is 0.0933 e. The van der Waals surface area contributed by atoms with E-state index in [0.717, 1.165) is 19.5 Å². The molecule has 0 amide bonds. The molecule has 1 N–H and O–H groups in total. The van der Waals surface area contributed by atoms with Gasteiger partial charge < -0.3 is 9.84 Å². The van der Waals surface area contributed by atoms with Crippen LogP contribution in [0.25, 0.3) is 0 Å². The van der Waals surface area contributed by atoms with Crippen LogP contribution in [0, 0.1) is 11.8 Å². The number of hydrogen-bond acceptors (Lipinski definition) is 3. The summed E-state index contributed by atoms with van der Waals surface area (Å²) in [5, 5.41) is 8.99. The van der Waals surface area contributed by atoms with Crippen molar-refractivity contribution in [3.8, 4) is 11.8 Å². The van der Waals surface area contributed by atoms with Crippen LogP contribution in [0.15, 0.2) is 0 Å². The topological polar surface area (TPSA) is 32.7 Å². The molecule has 0 aromatic carbocycles. The van der Waals surface area contributed by atoms with Gasteiger partial charge in [0.25, 0.3) is 0 Å². The number of morpholine rings is 1. The zero-order valence-corrected chi connectivity index (χ0v) is 8.99. The molecule has 1 saturated heterocycles. The zero-order valence-electron chi connectivity index (χ0n) is 8.99.